The molecule has 0 radical (unpaired) electrons. The Morgan fingerprint density at radius 1 is 1.06 bits per heavy atom. The van der Waals surface area contributed by atoms with Gasteiger partial charge in [-0.25, -0.2) is 0 Å². The quantitative estimate of drug-likeness (QED) is 0.561. The third kappa shape index (κ3) is 4.97. The van der Waals surface area contributed by atoms with Gasteiger partial charge in [0.05, 0.1) is 12.0 Å². The molecule has 2 nitrogen and oxygen atoms in total. The van der Waals surface area contributed by atoms with Gasteiger partial charge in [-0.1, -0.05) is 50.5 Å². The van der Waals surface area contributed by atoms with Crippen molar-refractivity contribution >= 4 is 11.6 Å². The first-order chi connectivity index (χ1) is 8.69. The molecule has 0 bridgehead atoms. The predicted octanol–water partition coefficient (Wildman–Crippen LogP) is 3.44. The maximum Gasteiger partial charge on any atom is 0.106 e. The van der Waals surface area contributed by atoms with Gasteiger partial charge in [0.15, 0.2) is 0 Å². The SMILES string of the molecule is CCCCCCc1ccc(C(O)C(O)CCl)cc1. The Morgan fingerprint density at radius 2 is 1.72 bits per heavy atom. The second-order valence-corrected chi connectivity index (χ2v) is 5.03. The van der Waals surface area contributed by atoms with Crippen molar-refractivity contribution in [3.8, 4) is 0 Å². The van der Waals surface area contributed by atoms with Crippen molar-refractivity contribution in [2.24, 2.45) is 0 Å². The molecule has 0 aliphatic heterocycles. The highest BCUT2D eigenvalue weighted by atomic mass is 35.5. The van der Waals surface area contributed by atoms with E-state index in [2.05, 4.69) is 6.92 Å². The molecular weight excluding hydrogens is 248 g/mol. The Kier molecular flexibility index (Phi) is 7.33. The molecular formula is C15H23ClO2. The highest BCUT2D eigenvalue weighted by Gasteiger charge is 2.16. The van der Waals surface area contributed by atoms with Crippen LogP contribution in [0.4, 0.5) is 0 Å². The monoisotopic (exact) mass is 270 g/mol. The minimum absolute atomic E-state index is 0.0416. The predicted molar refractivity (Wildman–Crippen MR) is 76.0 cm³/mol. The fraction of sp³-hybridized carbons (Fsp3) is 0.600. The summed E-state index contributed by atoms with van der Waals surface area (Å²) in [6.07, 6.45) is 4.30. The lowest BCUT2D eigenvalue weighted by Crippen LogP contribution is -2.19. The third-order valence-corrected chi connectivity index (χ3v) is 3.48. The highest BCUT2D eigenvalue weighted by molar-refractivity contribution is 6.18. The van der Waals surface area contributed by atoms with Crippen LogP contribution in [0.1, 0.15) is 49.8 Å². The van der Waals surface area contributed by atoms with E-state index >= 15 is 0 Å². The van der Waals surface area contributed by atoms with E-state index in [0.717, 1.165) is 12.0 Å². The number of aryl methyl sites for hydroxylation is 1. The number of alkyl halides is 1. The van der Waals surface area contributed by atoms with Crippen molar-refractivity contribution in [3.05, 3.63) is 35.4 Å². The summed E-state index contributed by atoms with van der Waals surface area (Å²) in [6, 6.07) is 7.78. The van der Waals surface area contributed by atoms with Crippen molar-refractivity contribution < 1.29 is 10.2 Å². The number of hydrogen-bond donors (Lipinski definition) is 2. The minimum atomic E-state index is -0.901. The lowest BCUT2D eigenvalue weighted by molar-refractivity contribution is 0.0327. The maximum atomic E-state index is 9.79. The van der Waals surface area contributed by atoms with Gasteiger partial charge in [-0.3, -0.25) is 0 Å². The van der Waals surface area contributed by atoms with Gasteiger partial charge in [-0.05, 0) is 24.0 Å². The zero-order valence-electron chi connectivity index (χ0n) is 11.0. The summed E-state index contributed by atoms with van der Waals surface area (Å²) in [7, 11) is 0. The van der Waals surface area contributed by atoms with Crippen LogP contribution < -0.4 is 0 Å². The van der Waals surface area contributed by atoms with Gasteiger partial charge in [-0.2, -0.15) is 0 Å². The molecule has 2 N–H and O–H groups in total. The smallest absolute Gasteiger partial charge is 0.106 e. The Hall–Kier alpha value is -0.570. The summed E-state index contributed by atoms with van der Waals surface area (Å²) in [5.41, 5.74) is 2.00. The molecule has 0 aliphatic carbocycles. The van der Waals surface area contributed by atoms with Gasteiger partial charge in [0.25, 0.3) is 0 Å². The topological polar surface area (TPSA) is 40.5 Å². The van der Waals surface area contributed by atoms with E-state index in [0.29, 0.717) is 0 Å². The maximum absolute atomic E-state index is 9.79. The van der Waals surface area contributed by atoms with Crippen molar-refractivity contribution in [2.75, 3.05) is 5.88 Å². The summed E-state index contributed by atoms with van der Waals surface area (Å²) >= 11 is 5.52. The Bertz CT molecular complexity index is 324. The van der Waals surface area contributed by atoms with Gasteiger partial charge in [-0.15, -0.1) is 11.6 Å². The van der Waals surface area contributed by atoms with Gasteiger partial charge in [0, 0.05) is 0 Å². The van der Waals surface area contributed by atoms with Crippen molar-refractivity contribution in [3.63, 3.8) is 0 Å². The van der Waals surface area contributed by atoms with E-state index in [4.69, 9.17) is 11.6 Å². The molecule has 0 spiro atoms. The first kappa shape index (κ1) is 15.5. The Morgan fingerprint density at radius 3 is 2.28 bits per heavy atom. The molecule has 102 valence electrons. The van der Waals surface area contributed by atoms with Crippen LogP contribution >= 0.6 is 11.6 Å². The van der Waals surface area contributed by atoms with Gasteiger partial charge in [0.1, 0.15) is 6.10 Å². The van der Waals surface area contributed by atoms with Gasteiger partial charge < -0.3 is 10.2 Å². The second-order valence-electron chi connectivity index (χ2n) is 4.72. The van der Waals surface area contributed by atoms with E-state index in [1.807, 2.05) is 24.3 Å². The molecule has 0 aromatic heterocycles. The van der Waals surface area contributed by atoms with Crippen LogP contribution in [0, 0.1) is 0 Å². The zero-order chi connectivity index (χ0) is 13.4. The number of hydrogen-bond acceptors (Lipinski definition) is 2. The van der Waals surface area contributed by atoms with Gasteiger partial charge in [0.2, 0.25) is 0 Å². The molecule has 2 atom stereocenters. The van der Waals surface area contributed by atoms with Crippen molar-refractivity contribution in [1.82, 2.24) is 0 Å². The van der Waals surface area contributed by atoms with Gasteiger partial charge >= 0.3 is 0 Å². The fourth-order valence-electron chi connectivity index (χ4n) is 1.94. The summed E-state index contributed by atoms with van der Waals surface area (Å²) in [5, 5.41) is 19.3. The van der Waals surface area contributed by atoms with Crippen molar-refractivity contribution in [2.45, 2.75) is 51.2 Å². The average molecular weight is 271 g/mol. The van der Waals surface area contributed by atoms with E-state index in [1.54, 1.807) is 0 Å². The zero-order valence-corrected chi connectivity index (χ0v) is 11.7. The summed E-state index contributed by atoms with van der Waals surface area (Å²) in [6.45, 7) is 2.21. The van der Waals surface area contributed by atoms with Crippen LogP contribution in [0.5, 0.6) is 0 Å². The van der Waals surface area contributed by atoms with Crippen LogP contribution in [0.2, 0.25) is 0 Å². The standard InChI is InChI=1S/C15H23ClO2/c1-2-3-4-5-6-12-7-9-13(10-8-12)15(18)14(17)11-16/h7-10,14-15,17-18H,2-6,11H2,1H3. The highest BCUT2D eigenvalue weighted by Crippen LogP contribution is 2.19. The molecule has 0 saturated heterocycles. The minimum Gasteiger partial charge on any atom is -0.389 e. The fourth-order valence-corrected chi connectivity index (χ4v) is 2.11. The number of unbranched alkanes of at least 4 members (excludes halogenated alkanes) is 3. The number of aliphatic hydroxyl groups excluding tert-OH is 2. The number of rotatable bonds is 8. The molecule has 0 fully saturated rings. The normalized spacial score (nSPS) is 14.4. The molecule has 1 aromatic carbocycles. The Balaban J connectivity index is 2.47. The van der Waals surface area contributed by atoms with Crippen LogP contribution in [0.15, 0.2) is 24.3 Å². The molecule has 0 aliphatic rings. The Labute approximate surface area is 115 Å². The van der Waals surface area contributed by atoms with E-state index in [-0.39, 0.29) is 5.88 Å². The first-order valence-corrected chi connectivity index (χ1v) is 7.23. The molecule has 0 amide bonds. The first-order valence-electron chi connectivity index (χ1n) is 6.70. The van der Waals surface area contributed by atoms with E-state index in [1.165, 1.54) is 31.2 Å². The largest absolute Gasteiger partial charge is 0.389 e. The lowest BCUT2D eigenvalue weighted by Gasteiger charge is -2.16. The molecule has 18 heavy (non-hydrogen) atoms. The molecule has 0 heterocycles. The summed E-state index contributed by atoms with van der Waals surface area (Å²) < 4.78 is 0. The van der Waals surface area contributed by atoms with E-state index in [9.17, 15) is 10.2 Å². The molecule has 0 saturated carbocycles. The summed E-state index contributed by atoms with van der Waals surface area (Å²) in [5.74, 6) is 0.0416. The average Bonchev–Trinajstić information content (AvgIpc) is 2.42. The second kappa shape index (κ2) is 8.52. The van der Waals surface area contributed by atoms with Crippen molar-refractivity contribution in [1.29, 1.82) is 0 Å². The van der Waals surface area contributed by atoms with Crippen LogP contribution in [0.25, 0.3) is 0 Å². The third-order valence-electron chi connectivity index (χ3n) is 3.16. The van der Waals surface area contributed by atoms with Crippen LogP contribution in [-0.2, 0) is 6.42 Å². The molecule has 1 rings (SSSR count). The number of aliphatic hydroxyl groups is 2. The number of benzene rings is 1. The lowest BCUT2D eigenvalue weighted by atomic mass is 10.0. The summed E-state index contributed by atoms with van der Waals surface area (Å²) in [4.78, 5) is 0. The number of halogens is 1. The van der Waals surface area contributed by atoms with Crippen LogP contribution in [-0.4, -0.2) is 22.2 Å². The van der Waals surface area contributed by atoms with E-state index < -0.39 is 12.2 Å². The molecule has 1 aromatic rings. The molecule has 2 unspecified atom stereocenters. The molecule has 3 heteroatoms. The van der Waals surface area contributed by atoms with Crippen LogP contribution in [0.3, 0.4) is 0 Å².